The molecule has 0 saturated heterocycles. The van der Waals surface area contributed by atoms with Gasteiger partial charge in [0.1, 0.15) is 0 Å². The van der Waals surface area contributed by atoms with Crippen LogP contribution in [0.1, 0.15) is 47.0 Å². The minimum absolute atomic E-state index is 0.0788. The number of hydrogen-bond donors (Lipinski definition) is 1. The van der Waals surface area contributed by atoms with Crippen molar-refractivity contribution in [3.8, 4) is 0 Å². The van der Waals surface area contributed by atoms with Crippen LogP contribution in [-0.2, 0) is 19.0 Å². The van der Waals surface area contributed by atoms with Crippen LogP contribution >= 0.6 is 0 Å². The molecule has 0 fully saturated rings. The van der Waals surface area contributed by atoms with Crippen LogP contribution in [0.25, 0.3) is 0 Å². The Hall–Kier alpha value is -0.650. The molecule has 1 atom stereocenters. The minimum atomic E-state index is -0.762. The molecule has 0 aromatic rings. The largest absolute Gasteiger partial charge is 0.481 e. The quantitative estimate of drug-likeness (QED) is 0.500. The molecule has 126 valence electrons. The van der Waals surface area contributed by atoms with Crippen LogP contribution in [0.15, 0.2) is 0 Å². The third-order valence-corrected chi connectivity index (χ3v) is 3.91. The summed E-state index contributed by atoms with van der Waals surface area (Å²) in [5, 5.41) is 9.27. The lowest BCUT2D eigenvalue weighted by molar-refractivity contribution is -0.152. The number of ether oxygens (including phenoxy) is 3. The Balaban J connectivity index is 3.49. The van der Waals surface area contributed by atoms with Gasteiger partial charge in [0, 0.05) is 13.2 Å². The molecule has 0 spiro atoms. The van der Waals surface area contributed by atoms with E-state index in [-0.39, 0.29) is 5.92 Å². The van der Waals surface area contributed by atoms with E-state index in [2.05, 4.69) is 6.92 Å². The number of unbranched alkanes of at least 4 members (excludes halogenated alkanes) is 1. The van der Waals surface area contributed by atoms with Crippen molar-refractivity contribution in [2.24, 2.45) is 11.3 Å². The molecule has 0 amide bonds. The standard InChI is InChI=1S/C16H32O5/c1-5-6-8-19-10-12-21-13-11-20-9-7-16(4,14(2)3)15(17)18/h14H,5-13H2,1-4H3,(H,17,18). The molecule has 5 nitrogen and oxygen atoms in total. The molecule has 0 aromatic carbocycles. The SMILES string of the molecule is CCCCOCCOCCOCCC(C)(C(=O)O)C(C)C. The van der Waals surface area contributed by atoms with Gasteiger partial charge >= 0.3 is 5.97 Å². The second kappa shape index (κ2) is 12.0. The van der Waals surface area contributed by atoms with E-state index >= 15 is 0 Å². The molecular weight excluding hydrogens is 272 g/mol. The van der Waals surface area contributed by atoms with Crippen molar-refractivity contribution in [1.29, 1.82) is 0 Å². The maximum Gasteiger partial charge on any atom is 0.309 e. The number of carbonyl (C=O) groups is 1. The van der Waals surface area contributed by atoms with Crippen LogP contribution in [0, 0.1) is 11.3 Å². The van der Waals surface area contributed by atoms with Crippen LogP contribution in [0.5, 0.6) is 0 Å². The number of carboxylic acid groups (broad SMARTS) is 1. The summed E-state index contributed by atoms with van der Waals surface area (Å²) in [7, 11) is 0. The van der Waals surface area contributed by atoms with Crippen molar-refractivity contribution in [3.05, 3.63) is 0 Å². The average molecular weight is 304 g/mol. The summed E-state index contributed by atoms with van der Waals surface area (Å²) >= 11 is 0. The molecule has 0 aromatic heterocycles. The highest BCUT2D eigenvalue weighted by Gasteiger charge is 2.36. The third kappa shape index (κ3) is 9.06. The van der Waals surface area contributed by atoms with E-state index < -0.39 is 11.4 Å². The van der Waals surface area contributed by atoms with E-state index in [0.717, 1.165) is 19.4 Å². The highest BCUT2D eigenvalue weighted by Crippen LogP contribution is 2.31. The van der Waals surface area contributed by atoms with Crippen molar-refractivity contribution in [1.82, 2.24) is 0 Å². The van der Waals surface area contributed by atoms with E-state index in [1.54, 1.807) is 6.92 Å². The zero-order chi connectivity index (χ0) is 16.1. The molecule has 1 N–H and O–H groups in total. The average Bonchev–Trinajstić information content (AvgIpc) is 2.44. The van der Waals surface area contributed by atoms with Crippen LogP contribution in [0.4, 0.5) is 0 Å². The third-order valence-electron chi connectivity index (χ3n) is 3.91. The van der Waals surface area contributed by atoms with Gasteiger partial charge in [-0.05, 0) is 25.7 Å². The van der Waals surface area contributed by atoms with Gasteiger partial charge in [0.05, 0.1) is 31.8 Å². The lowest BCUT2D eigenvalue weighted by atomic mass is 9.77. The van der Waals surface area contributed by atoms with Crippen molar-refractivity contribution in [3.63, 3.8) is 0 Å². The summed E-state index contributed by atoms with van der Waals surface area (Å²) < 4.78 is 16.2. The number of carboxylic acids is 1. The van der Waals surface area contributed by atoms with Crippen LogP contribution in [-0.4, -0.2) is 50.7 Å². The van der Waals surface area contributed by atoms with Gasteiger partial charge < -0.3 is 19.3 Å². The van der Waals surface area contributed by atoms with Crippen molar-refractivity contribution >= 4 is 5.97 Å². The topological polar surface area (TPSA) is 65.0 Å². The van der Waals surface area contributed by atoms with Crippen LogP contribution < -0.4 is 0 Å². The van der Waals surface area contributed by atoms with Gasteiger partial charge in [-0.25, -0.2) is 0 Å². The number of hydrogen-bond acceptors (Lipinski definition) is 4. The lowest BCUT2D eigenvalue weighted by Gasteiger charge is -2.28. The lowest BCUT2D eigenvalue weighted by Crippen LogP contribution is -2.34. The molecule has 0 rings (SSSR count). The highest BCUT2D eigenvalue weighted by atomic mass is 16.5. The first kappa shape index (κ1) is 20.3. The van der Waals surface area contributed by atoms with Crippen molar-refractivity contribution < 1.29 is 24.1 Å². The zero-order valence-electron chi connectivity index (χ0n) is 14.0. The van der Waals surface area contributed by atoms with E-state index in [1.165, 1.54) is 0 Å². The molecule has 0 radical (unpaired) electrons. The van der Waals surface area contributed by atoms with Gasteiger partial charge in [-0.15, -0.1) is 0 Å². The maximum absolute atomic E-state index is 11.3. The molecular formula is C16H32O5. The summed E-state index contributed by atoms with van der Waals surface area (Å²) in [6.45, 7) is 11.2. The molecule has 5 heteroatoms. The fraction of sp³-hybridized carbons (Fsp3) is 0.938. The Morgan fingerprint density at radius 3 is 1.90 bits per heavy atom. The van der Waals surface area contributed by atoms with Crippen LogP contribution in [0.3, 0.4) is 0 Å². The predicted octanol–water partition coefficient (Wildman–Crippen LogP) is 2.97. The summed E-state index contributed by atoms with van der Waals surface area (Å²) in [5.41, 5.74) is -0.728. The Morgan fingerprint density at radius 2 is 1.48 bits per heavy atom. The first-order chi connectivity index (χ1) is 9.95. The molecule has 0 bridgehead atoms. The fourth-order valence-electron chi connectivity index (χ4n) is 1.72. The zero-order valence-corrected chi connectivity index (χ0v) is 14.0. The molecule has 21 heavy (non-hydrogen) atoms. The van der Waals surface area contributed by atoms with E-state index in [4.69, 9.17) is 14.2 Å². The molecule has 0 saturated carbocycles. The molecule has 0 heterocycles. The predicted molar refractivity (Wildman–Crippen MR) is 82.6 cm³/mol. The van der Waals surface area contributed by atoms with Crippen molar-refractivity contribution in [2.75, 3.05) is 39.6 Å². The molecule has 1 unspecified atom stereocenters. The smallest absolute Gasteiger partial charge is 0.309 e. The minimum Gasteiger partial charge on any atom is -0.481 e. The second-order valence-corrected chi connectivity index (χ2v) is 5.82. The highest BCUT2D eigenvalue weighted by molar-refractivity contribution is 5.74. The van der Waals surface area contributed by atoms with Gasteiger partial charge in [-0.2, -0.15) is 0 Å². The molecule has 0 aliphatic carbocycles. The van der Waals surface area contributed by atoms with E-state index in [1.807, 2.05) is 13.8 Å². The van der Waals surface area contributed by atoms with Gasteiger partial charge in [0.15, 0.2) is 0 Å². The monoisotopic (exact) mass is 304 g/mol. The van der Waals surface area contributed by atoms with Gasteiger partial charge in [0.2, 0.25) is 0 Å². The van der Waals surface area contributed by atoms with Crippen LogP contribution in [0.2, 0.25) is 0 Å². The summed E-state index contributed by atoms with van der Waals surface area (Å²) in [6.07, 6.45) is 2.74. The first-order valence-corrected chi connectivity index (χ1v) is 7.91. The van der Waals surface area contributed by atoms with E-state index in [9.17, 15) is 9.90 Å². The number of rotatable bonds is 14. The Bertz CT molecular complexity index is 267. The Morgan fingerprint density at radius 1 is 1.00 bits per heavy atom. The summed E-state index contributed by atoms with van der Waals surface area (Å²) in [4.78, 5) is 11.3. The molecule has 0 aliphatic heterocycles. The van der Waals surface area contributed by atoms with Gasteiger partial charge in [0.25, 0.3) is 0 Å². The first-order valence-electron chi connectivity index (χ1n) is 7.91. The summed E-state index contributed by atoms with van der Waals surface area (Å²) in [6, 6.07) is 0. The molecule has 0 aliphatic rings. The van der Waals surface area contributed by atoms with Gasteiger partial charge in [-0.3, -0.25) is 4.79 Å². The summed E-state index contributed by atoms with van der Waals surface area (Å²) in [5.74, 6) is -0.684. The fourth-order valence-corrected chi connectivity index (χ4v) is 1.72. The normalized spacial score (nSPS) is 14.3. The second-order valence-electron chi connectivity index (χ2n) is 5.82. The maximum atomic E-state index is 11.3. The van der Waals surface area contributed by atoms with E-state index in [0.29, 0.717) is 39.5 Å². The number of aliphatic carboxylic acids is 1. The Kier molecular flexibility index (Phi) is 11.6. The van der Waals surface area contributed by atoms with Gasteiger partial charge in [-0.1, -0.05) is 27.2 Å². The van der Waals surface area contributed by atoms with Crippen molar-refractivity contribution in [2.45, 2.75) is 47.0 Å². The Labute approximate surface area is 129 Å².